The van der Waals surface area contributed by atoms with E-state index >= 15 is 0 Å². The topological polar surface area (TPSA) is 88.1 Å². The largest absolute Gasteiger partial charge is 0.503 e. The molecule has 0 saturated heterocycles. The van der Waals surface area contributed by atoms with Gasteiger partial charge in [0.15, 0.2) is 11.5 Å². The molecular weight excluding hydrogens is 452 g/mol. The van der Waals surface area contributed by atoms with E-state index in [0.717, 1.165) is 5.56 Å². The molecule has 2 amide bonds. The number of aromatic hydroxyl groups is 1. The van der Waals surface area contributed by atoms with Crippen molar-refractivity contribution < 1.29 is 24.2 Å². The van der Waals surface area contributed by atoms with Crippen molar-refractivity contribution >= 4 is 33.6 Å². The van der Waals surface area contributed by atoms with Crippen LogP contribution in [-0.2, 0) is 9.53 Å². The Balaban J connectivity index is 2.20. The molecule has 8 heteroatoms. The number of rotatable bonds is 5. The Morgan fingerprint density at radius 3 is 2.60 bits per heavy atom. The third kappa shape index (κ3) is 3.87. The van der Waals surface area contributed by atoms with E-state index in [1.165, 1.54) is 12.0 Å². The van der Waals surface area contributed by atoms with Crippen molar-refractivity contribution in [3.63, 3.8) is 0 Å². The fourth-order valence-corrected chi connectivity index (χ4v) is 3.95. The van der Waals surface area contributed by atoms with E-state index in [2.05, 4.69) is 21.2 Å². The van der Waals surface area contributed by atoms with Gasteiger partial charge in [-0.1, -0.05) is 18.2 Å². The standard InChI is InChI=1S/C22H23BrN2O5/c1-5-30-21(27)18-13(3)25(16-9-7-6-8-12(16)2)22(28)24-19(18)14-10-15(23)20(26)17(11-14)29-4/h6-11,19,26H,5H2,1-4H3,(H,24,28). The summed E-state index contributed by atoms with van der Waals surface area (Å²) in [5, 5.41) is 13.0. The number of amides is 2. The summed E-state index contributed by atoms with van der Waals surface area (Å²) in [4.78, 5) is 27.5. The number of aryl methyl sites for hydroxylation is 1. The lowest BCUT2D eigenvalue weighted by molar-refractivity contribution is -0.139. The molecule has 1 aliphatic rings. The van der Waals surface area contributed by atoms with Crippen LogP contribution in [0.3, 0.4) is 0 Å². The number of esters is 1. The molecule has 30 heavy (non-hydrogen) atoms. The summed E-state index contributed by atoms with van der Waals surface area (Å²) in [7, 11) is 1.43. The zero-order chi connectivity index (χ0) is 22.0. The number of carbonyl (C=O) groups is 2. The summed E-state index contributed by atoms with van der Waals surface area (Å²) in [6.45, 7) is 5.54. The van der Waals surface area contributed by atoms with Gasteiger partial charge in [0, 0.05) is 5.70 Å². The number of nitrogens with one attached hydrogen (secondary N) is 1. The van der Waals surface area contributed by atoms with E-state index in [9.17, 15) is 14.7 Å². The highest BCUT2D eigenvalue weighted by Crippen LogP contribution is 2.41. The van der Waals surface area contributed by atoms with Crippen LogP contribution in [0.2, 0.25) is 0 Å². The molecular formula is C22H23BrN2O5. The van der Waals surface area contributed by atoms with Crippen LogP contribution >= 0.6 is 15.9 Å². The Morgan fingerprint density at radius 1 is 1.27 bits per heavy atom. The molecule has 0 aliphatic carbocycles. The van der Waals surface area contributed by atoms with Crippen molar-refractivity contribution in [2.45, 2.75) is 26.8 Å². The summed E-state index contributed by atoms with van der Waals surface area (Å²) in [5.74, 6) is -0.374. The lowest BCUT2D eigenvalue weighted by atomic mass is 9.94. The number of benzene rings is 2. The Hall–Kier alpha value is -3.00. The maximum atomic E-state index is 13.1. The quantitative estimate of drug-likeness (QED) is 0.619. The number of allylic oxidation sites excluding steroid dienone is 1. The van der Waals surface area contributed by atoms with E-state index in [4.69, 9.17) is 9.47 Å². The lowest BCUT2D eigenvalue weighted by Gasteiger charge is -2.36. The second kappa shape index (κ2) is 8.79. The second-order valence-corrected chi connectivity index (χ2v) is 7.63. The summed E-state index contributed by atoms with van der Waals surface area (Å²) < 4.78 is 10.9. The van der Waals surface area contributed by atoms with E-state index in [1.54, 1.807) is 26.0 Å². The number of urea groups is 1. The van der Waals surface area contributed by atoms with E-state index in [1.807, 2.05) is 31.2 Å². The van der Waals surface area contributed by atoms with E-state index in [0.29, 0.717) is 27.0 Å². The van der Waals surface area contributed by atoms with Crippen molar-refractivity contribution in [2.24, 2.45) is 0 Å². The zero-order valence-electron chi connectivity index (χ0n) is 17.2. The molecule has 158 valence electrons. The normalized spacial score (nSPS) is 16.4. The molecule has 2 aromatic carbocycles. The van der Waals surface area contributed by atoms with Gasteiger partial charge < -0.3 is 19.9 Å². The van der Waals surface area contributed by atoms with Crippen molar-refractivity contribution in [1.29, 1.82) is 0 Å². The molecule has 0 aromatic heterocycles. The maximum absolute atomic E-state index is 13.1. The predicted molar refractivity (Wildman–Crippen MR) is 117 cm³/mol. The first-order chi connectivity index (χ1) is 14.3. The van der Waals surface area contributed by atoms with Crippen LogP contribution in [0.25, 0.3) is 0 Å². The first-order valence-corrected chi connectivity index (χ1v) is 10.2. The Kier molecular flexibility index (Phi) is 6.36. The van der Waals surface area contributed by atoms with Crippen LogP contribution in [0.1, 0.15) is 31.0 Å². The number of nitrogens with zero attached hydrogens (tertiary/aromatic N) is 1. The van der Waals surface area contributed by atoms with Gasteiger partial charge in [-0.3, -0.25) is 4.90 Å². The minimum absolute atomic E-state index is 0.0664. The second-order valence-electron chi connectivity index (χ2n) is 6.78. The molecule has 0 radical (unpaired) electrons. The number of methoxy groups -OCH3 is 1. The molecule has 0 bridgehead atoms. The van der Waals surface area contributed by atoms with E-state index < -0.39 is 12.0 Å². The maximum Gasteiger partial charge on any atom is 0.338 e. The Labute approximate surface area is 183 Å². The first-order valence-electron chi connectivity index (χ1n) is 9.40. The van der Waals surface area contributed by atoms with Crippen LogP contribution < -0.4 is 15.0 Å². The summed E-state index contributed by atoms with van der Waals surface area (Å²) in [6.07, 6.45) is 0. The molecule has 7 nitrogen and oxygen atoms in total. The number of anilines is 1. The van der Waals surface area contributed by atoms with Crippen LogP contribution in [0, 0.1) is 6.92 Å². The van der Waals surface area contributed by atoms with E-state index in [-0.39, 0.29) is 24.1 Å². The molecule has 1 atom stereocenters. The number of halogens is 1. The van der Waals surface area contributed by atoms with Gasteiger partial charge in [-0.2, -0.15) is 0 Å². The Bertz CT molecular complexity index is 1030. The average Bonchev–Trinajstić information content (AvgIpc) is 2.71. The van der Waals surface area contributed by atoms with Crippen molar-refractivity contribution in [3.8, 4) is 11.5 Å². The number of phenols is 1. The number of ether oxygens (including phenoxy) is 2. The fourth-order valence-electron chi connectivity index (χ4n) is 3.49. The van der Waals surface area contributed by atoms with Crippen molar-refractivity contribution in [1.82, 2.24) is 5.32 Å². The highest BCUT2D eigenvalue weighted by atomic mass is 79.9. The van der Waals surface area contributed by atoms with Crippen LogP contribution in [0.5, 0.6) is 11.5 Å². The van der Waals surface area contributed by atoms with Crippen LogP contribution in [0.4, 0.5) is 10.5 Å². The van der Waals surface area contributed by atoms with Gasteiger partial charge in [0.05, 0.1) is 35.5 Å². The molecule has 1 heterocycles. The predicted octanol–water partition coefficient (Wildman–Crippen LogP) is 4.58. The SMILES string of the molecule is CCOC(=O)C1=C(C)N(c2ccccc2C)C(=O)NC1c1cc(Br)c(O)c(OC)c1. The van der Waals surface area contributed by atoms with Gasteiger partial charge >= 0.3 is 12.0 Å². The van der Waals surface area contributed by atoms with Gasteiger partial charge in [-0.25, -0.2) is 9.59 Å². The summed E-state index contributed by atoms with van der Waals surface area (Å²) in [6, 6.07) is 9.51. The van der Waals surface area contributed by atoms with Crippen LogP contribution in [-0.4, -0.2) is 30.8 Å². The highest BCUT2D eigenvalue weighted by Gasteiger charge is 2.38. The lowest BCUT2D eigenvalue weighted by Crippen LogP contribution is -2.48. The molecule has 0 fully saturated rings. The highest BCUT2D eigenvalue weighted by molar-refractivity contribution is 9.10. The third-order valence-electron chi connectivity index (χ3n) is 4.94. The molecule has 1 aliphatic heterocycles. The molecule has 0 spiro atoms. The van der Waals surface area contributed by atoms with Crippen molar-refractivity contribution in [2.75, 3.05) is 18.6 Å². The zero-order valence-corrected chi connectivity index (χ0v) is 18.7. The van der Waals surface area contributed by atoms with Gasteiger partial charge in [0.1, 0.15) is 0 Å². The summed E-state index contributed by atoms with van der Waals surface area (Å²) >= 11 is 3.30. The van der Waals surface area contributed by atoms with Gasteiger partial charge in [-0.15, -0.1) is 0 Å². The smallest absolute Gasteiger partial charge is 0.338 e. The Morgan fingerprint density at radius 2 is 1.97 bits per heavy atom. The molecule has 2 aromatic rings. The fraction of sp³-hybridized carbons (Fsp3) is 0.273. The molecule has 3 rings (SSSR count). The van der Waals surface area contributed by atoms with Crippen LogP contribution in [0.15, 0.2) is 52.1 Å². The number of para-hydroxylation sites is 1. The first kappa shape index (κ1) is 21.7. The van der Waals surface area contributed by atoms with Gasteiger partial charge in [0.25, 0.3) is 0 Å². The minimum atomic E-state index is -0.775. The van der Waals surface area contributed by atoms with Crippen molar-refractivity contribution in [3.05, 3.63) is 63.3 Å². The number of phenolic OH excluding ortho intramolecular Hbond substituents is 1. The van der Waals surface area contributed by atoms with Gasteiger partial charge in [0.2, 0.25) is 0 Å². The average molecular weight is 475 g/mol. The summed E-state index contributed by atoms with van der Waals surface area (Å²) in [5.41, 5.74) is 2.91. The molecule has 1 unspecified atom stereocenters. The number of carbonyl (C=O) groups excluding carboxylic acids is 2. The molecule has 0 saturated carbocycles. The number of hydrogen-bond donors (Lipinski definition) is 2. The third-order valence-corrected chi connectivity index (χ3v) is 5.54. The number of hydrogen-bond acceptors (Lipinski definition) is 5. The van der Waals surface area contributed by atoms with Gasteiger partial charge in [-0.05, 0) is 66.0 Å². The molecule has 2 N–H and O–H groups in total. The minimum Gasteiger partial charge on any atom is -0.503 e. The monoisotopic (exact) mass is 474 g/mol.